The third-order valence-electron chi connectivity index (χ3n) is 4.48. The number of pyridine rings is 3. The molecule has 0 aliphatic rings. The predicted molar refractivity (Wildman–Crippen MR) is 105 cm³/mol. The van der Waals surface area contributed by atoms with Crippen LogP contribution in [0.4, 0.5) is 38.0 Å². The predicted octanol–water partition coefficient (Wildman–Crippen LogP) is 5.27. The van der Waals surface area contributed by atoms with Crippen LogP contribution in [0, 0.1) is 0 Å². The van der Waals surface area contributed by atoms with E-state index in [0.717, 1.165) is 12.3 Å². The van der Waals surface area contributed by atoms with Crippen LogP contribution < -0.4 is 10.1 Å². The van der Waals surface area contributed by atoms with Gasteiger partial charge >= 0.3 is 12.4 Å². The summed E-state index contributed by atoms with van der Waals surface area (Å²) in [6.45, 7) is 0. The molecule has 4 rings (SSSR count). The number of methoxy groups -OCH3 is 1. The Kier molecular flexibility index (Phi) is 5.47. The van der Waals surface area contributed by atoms with Crippen molar-refractivity contribution in [1.82, 2.24) is 24.9 Å². The van der Waals surface area contributed by atoms with Gasteiger partial charge in [-0.15, -0.1) is 0 Å². The number of hydrogen-bond acceptors (Lipinski definition) is 7. The first-order valence-electron chi connectivity index (χ1n) is 9.10. The van der Waals surface area contributed by atoms with Gasteiger partial charge < -0.3 is 10.1 Å². The van der Waals surface area contributed by atoms with Crippen molar-refractivity contribution in [1.29, 1.82) is 0 Å². The van der Waals surface area contributed by atoms with E-state index in [1.807, 2.05) is 0 Å². The van der Waals surface area contributed by atoms with E-state index in [1.165, 1.54) is 31.5 Å². The number of nitrogens with one attached hydrogen (secondary N) is 1. The number of halogens is 6. The third-order valence-corrected chi connectivity index (χ3v) is 4.48. The molecule has 0 aromatic carbocycles. The van der Waals surface area contributed by atoms with Crippen molar-refractivity contribution < 1.29 is 31.1 Å². The molecule has 33 heavy (non-hydrogen) atoms. The first-order valence-corrected chi connectivity index (χ1v) is 9.10. The van der Waals surface area contributed by atoms with Crippen LogP contribution in [-0.2, 0) is 12.4 Å². The Hall–Kier alpha value is -4.03. The van der Waals surface area contributed by atoms with E-state index in [4.69, 9.17) is 4.74 Å². The lowest BCUT2D eigenvalue weighted by Crippen LogP contribution is -2.10. The molecule has 0 saturated carbocycles. The molecular weight excluding hydrogens is 454 g/mol. The fourth-order valence-corrected chi connectivity index (χ4v) is 2.91. The number of ether oxygens (including phenoxy) is 1. The normalized spacial score (nSPS) is 12.1. The van der Waals surface area contributed by atoms with Gasteiger partial charge in [-0.25, -0.2) is 19.9 Å². The summed E-state index contributed by atoms with van der Waals surface area (Å²) < 4.78 is 83.5. The lowest BCUT2D eigenvalue weighted by Gasteiger charge is -2.14. The van der Waals surface area contributed by atoms with Crippen LogP contribution in [0.3, 0.4) is 0 Å². The molecular formula is C20H12F6N6O. The average Bonchev–Trinajstić information content (AvgIpc) is 2.77. The van der Waals surface area contributed by atoms with Crippen molar-refractivity contribution in [2.75, 3.05) is 12.4 Å². The summed E-state index contributed by atoms with van der Waals surface area (Å²) in [6, 6.07) is 5.11. The van der Waals surface area contributed by atoms with Crippen molar-refractivity contribution in [3.8, 4) is 17.1 Å². The molecule has 13 heteroatoms. The molecule has 7 nitrogen and oxygen atoms in total. The minimum Gasteiger partial charge on any atom is -0.495 e. The van der Waals surface area contributed by atoms with Crippen molar-refractivity contribution in [3.05, 3.63) is 60.2 Å². The number of aromatic nitrogens is 5. The Morgan fingerprint density at radius 3 is 2.21 bits per heavy atom. The highest BCUT2D eigenvalue weighted by Gasteiger charge is 2.36. The molecule has 1 N–H and O–H groups in total. The molecule has 4 heterocycles. The lowest BCUT2D eigenvalue weighted by molar-refractivity contribution is -0.138. The van der Waals surface area contributed by atoms with Crippen molar-refractivity contribution in [3.63, 3.8) is 0 Å². The first-order chi connectivity index (χ1) is 15.6. The van der Waals surface area contributed by atoms with E-state index in [9.17, 15) is 26.3 Å². The molecule has 170 valence electrons. The van der Waals surface area contributed by atoms with Crippen LogP contribution in [0.1, 0.15) is 11.1 Å². The second-order valence-corrected chi connectivity index (χ2v) is 6.61. The number of fused-ring (bicyclic) bond motifs is 1. The van der Waals surface area contributed by atoms with Gasteiger partial charge in [0.2, 0.25) is 5.95 Å². The van der Waals surface area contributed by atoms with E-state index < -0.39 is 29.2 Å². The Morgan fingerprint density at radius 1 is 0.848 bits per heavy atom. The number of rotatable bonds is 4. The zero-order valence-corrected chi connectivity index (χ0v) is 16.5. The van der Waals surface area contributed by atoms with Gasteiger partial charge in [0.05, 0.1) is 35.8 Å². The van der Waals surface area contributed by atoms with Gasteiger partial charge in [0, 0.05) is 24.0 Å². The smallest absolute Gasteiger partial charge is 0.419 e. The van der Waals surface area contributed by atoms with Crippen molar-refractivity contribution in [2.45, 2.75) is 12.4 Å². The summed E-state index contributed by atoms with van der Waals surface area (Å²) in [5, 5.41) is 3.14. The van der Waals surface area contributed by atoms with Gasteiger partial charge in [0.25, 0.3) is 0 Å². The van der Waals surface area contributed by atoms with Gasteiger partial charge in [-0.3, -0.25) is 4.98 Å². The molecule has 0 atom stereocenters. The minimum atomic E-state index is -4.70. The van der Waals surface area contributed by atoms with E-state index in [-0.39, 0.29) is 23.0 Å². The van der Waals surface area contributed by atoms with Gasteiger partial charge in [0.1, 0.15) is 11.4 Å². The van der Waals surface area contributed by atoms with Crippen LogP contribution in [0.25, 0.3) is 22.4 Å². The second-order valence-electron chi connectivity index (χ2n) is 6.61. The van der Waals surface area contributed by atoms with E-state index in [2.05, 4.69) is 30.2 Å². The molecule has 0 spiro atoms. The summed E-state index contributed by atoms with van der Waals surface area (Å²) in [4.78, 5) is 19.4. The molecule has 0 bridgehead atoms. The molecule has 0 fully saturated rings. The van der Waals surface area contributed by atoms with Gasteiger partial charge in [-0.2, -0.15) is 26.3 Å². The van der Waals surface area contributed by atoms with E-state index in [1.54, 1.807) is 0 Å². The van der Waals surface area contributed by atoms with Gasteiger partial charge in [-0.1, -0.05) is 0 Å². The molecule has 0 unspecified atom stereocenters. The summed E-state index contributed by atoms with van der Waals surface area (Å²) in [7, 11) is 1.23. The number of alkyl halides is 6. The van der Waals surface area contributed by atoms with Gasteiger partial charge in [0.15, 0.2) is 5.65 Å². The van der Waals surface area contributed by atoms with Crippen LogP contribution in [-0.4, -0.2) is 32.0 Å². The Morgan fingerprint density at radius 2 is 1.58 bits per heavy atom. The quantitative estimate of drug-likeness (QED) is 0.410. The van der Waals surface area contributed by atoms with Crippen LogP contribution in [0.2, 0.25) is 0 Å². The standard InChI is InChI=1S/C20H12F6N6O/c1-33-11-6-13(20(24,25)26)16(28-9-11)15-3-2-12-14(4-5-27-17(12)31-15)32-18-29-7-10(8-30-18)19(21,22)23/h2-9H,1H3,(H,27,29,30,31,32). The largest absolute Gasteiger partial charge is 0.495 e. The summed E-state index contributed by atoms with van der Waals surface area (Å²) in [5.74, 6) is -0.177. The molecule has 0 aliphatic heterocycles. The minimum absolute atomic E-state index is 0.0620. The molecule has 0 aliphatic carbocycles. The Labute approximate surface area is 181 Å². The molecule has 4 aromatic rings. The van der Waals surface area contributed by atoms with E-state index in [0.29, 0.717) is 23.5 Å². The zero-order valence-electron chi connectivity index (χ0n) is 16.5. The third kappa shape index (κ3) is 4.61. The second kappa shape index (κ2) is 8.15. The Balaban J connectivity index is 1.71. The van der Waals surface area contributed by atoms with Gasteiger partial charge in [-0.05, 0) is 24.3 Å². The van der Waals surface area contributed by atoms with Crippen LogP contribution in [0.15, 0.2) is 49.1 Å². The highest BCUT2D eigenvalue weighted by Crippen LogP contribution is 2.38. The molecule has 0 saturated heterocycles. The average molecular weight is 466 g/mol. The monoisotopic (exact) mass is 466 g/mol. The molecule has 4 aromatic heterocycles. The first kappa shape index (κ1) is 22.2. The van der Waals surface area contributed by atoms with E-state index >= 15 is 0 Å². The number of nitrogens with zero attached hydrogens (tertiary/aromatic N) is 5. The summed E-state index contributed by atoms with van der Waals surface area (Å²) >= 11 is 0. The van der Waals surface area contributed by atoms with Crippen LogP contribution in [0.5, 0.6) is 5.75 Å². The van der Waals surface area contributed by atoms with Crippen LogP contribution >= 0.6 is 0 Å². The molecule has 0 amide bonds. The maximum Gasteiger partial charge on any atom is 0.419 e. The Bertz CT molecular complexity index is 1310. The molecule has 0 radical (unpaired) electrons. The maximum atomic E-state index is 13.5. The number of anilines is 2. The zero-order chi connectivity index (χ0) is 23.8. The maximum absolute atomic E-state index is 13.5. The van der Waals surface area contributed by atoms with Crippen molar-refractivity contribution >= 4 is 22.7 Å². The highest BCUT2D eigenvalue weighted by atomic mass is 19.4. The number of hydrogen-bond donors (Lipinski definition) is 1. The fraction of sp³-hybridized carbons (Fsp3) is 0.150. The topological polar surface area (TPSA) is 85.7 Å². The SMILES string of the molecule is COc1cnc(-c2ccc3c(Nc4ncc(C(F)(F)F)cn4)ccnc3n2)c(C(F)(F)F)c1. The fourth-order valence-electron chi connectivity index (χ4n) is 2.91. The summed E-state index contributed by atoms with van der Waals surface area (Å²) in [5.41, 5.74) is -2.09. The summed E-state index contributed by atoms with van der Waals surface area (Å²) in [6.07, 6.45) is -5.55. The highest BCUT2D eigenvalue weighted by molar-refractivity contribution is 5.91. The van der Waals surface area contributed by atoms with Crippen molar-refractivity contribution in [2.24, 2.45) is 0 Å². The lowest BCUT2D eigenvalue weighted by atomic mass is 10.1.